The molecule has 1 amide bonds. The number of benzene rings is 1. The smallest absolute Gasteiger partial charge is 0.253 e. The van der Waals surface area contributed by atoms with Crippen LogP contribution in [0.25, 0.3) is 16.9 Å². The molecular formula is C18H20N4O2. The molecule has 124 valence electrons. The van der Waals surface area contributed by atoms with Crippen LogP contribution in [0.3, 0.4) is 0 Å². The highest BCUT2D eigenvalue weighted by Gasteiger charge is 2.11. The number of aromatic nitrogens is 3. The van der Waals surface area contributed by atoms with Gasteiger partial charge in [-0.1, -0.05) is 12.1 Å². The SMILES string of the molecule is CC(CCCO)NC(=O)c1ccc(-n2cnc3ccccc32)nc1. The first-order valence-electron chi connectivity index (χ1n) is 7.99. The number of aliphatic hydroxyl groups excluding tert-OH is 1. The van der Waals surface area contributed by atoms with Gasteiger partial charge in [0.05, 0.1) is 16.6 Å². The second-order valence-corrected chi connectivity index (χ2v) is 5.75. The Labute approximate surface area is 140 Å². The van der Waals surface area contributed by atoms with E-state index in [0.717, 1.165) is 17.5 Å². The van der Waals surface area contributed by atoms with Crippen LogP contribution in [0.5, 0.6) is 0 Å². The lowest BCUT2D eigenvalue weighted by Crippen LogP contribution is -2.32. The predicted octanol–water partition coefficient (Wildman–Crippen LogP) is 2.31. The molecule has 0 spiro atoms. The molecule has 2 aromatic heterocycles. The molecular weight excluding hydrogens is 304 g/mol. The quantitative estimate of drug-likeness (QED) is 0.729. The summed E-state index contributed by atoms with van der Waals surface area (Å²) in [6, 6.07) is 11.4. The van der Waals surface area contributed by atoms with Gasteiger partial charge in [0, 0.05) is 18.8 Å². The van der Waals surface area contributed by atoms with Crippen molar-refractivity contribution in [3.8, 4) is 5.82 Å². The number of fused-ring (bicyclic) bond motifs is 1. The predicted molar refractivity (Wildman–Crippen MR) is 92.1 cm³/mol. The van der Waals surface area contributed by atoms with Gasteiger partial charge in [-0.15, -0.1) is 0 Å². The third kappa shape index (κ3) is 3.44. The summed E-state index contributed by atoms with van der Waals surface area (Å²) in [6.45, 7) is 2.06. The summed E-state index contributed by atoms with van der Waals surface area (Å²) in [5, 5.41) is 11.7. The molecule has 0 fully saturated rings. The number of aliphatic hydroxyl groups is 1. The maximum Gasteiger partial charge on any atom is 0.253 e. The number of rotatable bonds is 6. The number of imidazole rings is 1. The molecule has 2 heterocycles. The zero-order chi connectivity index (χ0) is 16.9. The standard InChI is InChI=1S/C18H20N4O2/c1-13(5-4-10-23)21-18(24)14-8-9-17(19-11-14)22-12-20-15-6-2-3-7-16(15)22/h2-3,6-9,11-13,23H,4-5,10H2,1H3,(H,21,24). The van der Waals surface area contributed by atoms with Crippen molar-refractivity contribution in [1.82, 2.24) is 19.9 Å². The van der Waals surface area contributed by atoms with Gasteiger partial charge >= 0.3 is 0 Å². The number of carbonyl (C=O) groups excluding carboxylic acids is 1. The molecule has 0 aliphatic carbocycles. The van der Waals surface area contributed by atoms with Crippen molar-refractivity contribution >= 4 is 16.9 Å². The Morgan fingerprint density at radius 1 is 1.25 bits per heavy atom. The molecule has 0 aliphatic heterocycles. The minimum Gasteiger partial charge on any atom is -0.396 e. The molecule has 0 saturated heterocycles. The van der Waals surface area contributed by atoms with Crippen LogP contribution in [0.4, 0.5) is 0 Å². The average molecular weight is 324 g/mol. The van der Waals surface area contributed by atoms with E-state index in [1.54, 1.807) is 24.7 Å². The Morgan fingerprint density at radius 2 is 2.08 bits per heavy atom. The normalized spacial score (nSPS) is 12.2. The van der Waals surface area contributed by atoms with Crippen molar-refractivity contribution in [2.75, 3.05) is 6.61 Å². The van der Waals surface area contributed by atoms with E-state index in [4.69, 9.17) is 5.11 Å². The molecule has 0 radical (unpaired) electrons. The van der Waals surface area contributed by atoms with Gasteiger partial charge in [-0.3, -0.25) is 9.36 Å². The summed E-state index contributed by atoms with van der Waals surface area (Å²) >= 11 is 0. The van der Waals surface area contributed by atoms with E-state index < -0.39 is 0 Å². The van der Waals surface area contributed by atoms with Crippen molar-refractivity contribution in [3.63, 3.8) is 0 Å². The molecule has 24 heavy (non-hydrogen) atoms. The Morgan fingerprint density at radius 3 is 2.83 bits per heavy atom. The largest absolute Gasteiger partial charge is 0.396 e. The Hall–Kier alpha value is -2.73. The number of hydrogen-bond acceptors (Lipinski definition) is 4. The molecule has 6 heteroatoms. The minimum absolute atomic E-state index is 0.0157. The van der Waals surface area contributed by atoms with Gasteiger partial charge in [0.25, 0.3) is 5.91 Å². The third-order valence-corrected chi connectivity index (χ3v) is 3.88. The van der Waals surface area contributed by atoms with Crippen molar-refractivity contribution < 1.29 is 9.90 Å². The maximum atomic E-state index is 12.2. The summed E-state index contributed by atoms with van der Waals surface area (Å²) in [5.41, 5.74) is 2.39. The second kappa shape index (κ2) is 7.23. The highest BCUT2D eigenvalue weighted by Crippen LogP contribution is 2.16. The Bertz CT molecular complexity index is 826. The molecule has 6 nitrogen and oxygen atoms in total. The van der Waals surface area contributed by atoms with Gasteiger partial charge in [-0.25, -0.2) is 9.97 Å². The number of para-hydroxylation sites is 2. The van der Waals surface area contributed by atoms with Crippen molar-refractivity contribution in [2.24, 2.45) is 0 Å². The first-order chi connectivity index (χ1) is 11.7. The Kier molecular flexibility index (Phi) is 4.86. The summed E-state index contributed by atoms with van der Waals surface area (Å²) in [5.74, 6) is 0.559. The highest BCUT2D eigenvalue weighted by molar-refractivity contribution is 5.94. The van der Waals surface area contributed by atoms with E-state index in [0.29, 0.717) is 17.8 Å². The molecule has 1 atom stereocenters. The number of carbonyl (C=O) groups is 1. The van der Waals surface area contributed by atoms with Crippen molar-refractivity contribution in [3.05, 3.63) is 54.5 Å². The van der Waals surface area contributed by atoms with Crippen molar-refractivity contribution in [2.45, 2.75) is 25.8 Å². The monoisotopic (exact) mass is 324 g/mol. The molecule has 2 N–H and O–H groups in total. The summed E-state index contributed by atoms with van der Waals surface area (Å²) in [6.07, 6.45) is 4.71. The average Bonchev–Trinajstić information content (AvgIpc) is 3.04. The summed E-state index contributed by atoms with van der Waals surface area (Å²) in [7, 11) is 0. The van der Waals surface area contributed by atoms with E-state index in [-0.39, 0.29) is 18.6 Å². The number of pyridine rings is 1. The summed E-state index contributed by atoms with van der Waals surface area (Å²) < 4.78 is 1.89. The van der Waals surface area contributed by atoms with Crippen LogP contribution in [0.1, 0.15) is 30.1 Å². The number of amides is 1. The lowest BCUT2D eigenvalue weighted by molar-refractivity contribution is 0.0936. The van der Waals surface area contributed by atoms with Crippen LogP contribution in [-0.2, 0) is 0 Å². The third-order valence-electron chi connectivity index (χ3n) is 3.88. The highest BCUT2D eigenvalue weighted by atomic mass is 16.3. The fourth-order valence-electron chi connectivity index (χ4n) is 2.58. The zero-order valence-corrected chi connectivity index (χ0v) is 13.5. The minimum atomic E-state index is -0.157. The second-order valence-electron chi connectivity index (χ2n) is 5.75. The van der Waals surface area contributed by atoms with Gasteiger partial charge in [0.2, 0.25) is 0 Å². The van der Waals surface area contributed by atoms with Gasteiger partial charge in [-0.05, 0) is 44.0 Å². The van der Waals surface area contributed by atoms with Crippen LogP contribution in [0.15, 0.2) is 48.9 Å². The fraction of sp³-hybridized carbons (Fsp3) is 0.278. The topological polar surface area (TPSA) is 80.0 Å². The molecule has 3 aromatic rings. The van der Waals surface area contributed by atoms with E-state index in [9.17, 15) is 4.79 Å². The van der Waals surface area contributed by atoms with Gasteiger partial charge in [-0.2, -0.15) is 0 Å². The van der Waals surface area contributed by atoms with Gasteiger partial charge in [0.1, 0.15) is 12.1 Å². The van der Waals surface area contributed by atoms with E-state index >= 15 is 0 Å². The Balaban J connectivity index is 1.75. The van der Waals surface area contributed by atoms with Crippen LogP contribution >= 0.6 is 0 Å². The maximum absolute atomic E-state index is 12.2. The van der Waals surface area contributed by atoms with Gasteiger partial charge < -0.3 is 10.4 Å². The van der Waals surface area contributed by atoms with E-state index in [1.807, 2.05) is 35.8 Å². The van der Waals surface area contributed by atoms with Gasteiger partial charge in [0.15, 0.2) is 0 Å². The molecule has 0 saturated carbocycles. The number of hydrogen-bond donors (Lipinski definition) is 2. The number of nitrogens with zero attached hydrogens (tertiary/aromatic N) is 3. The van der Waals surface area contributed by atoms with Crippen LogP contribution in [0.2, 0.25) is 0 Å². The molecule has 0 bridgehead atoms. The van der Waals surface area contributed by atoms with Crippen molar-refractivity contribution in [1.29, 1.82) is 0 Å². The van der Waals surface area contributed by atoms with Crippen LogP contribution in [0, 0.1) is 0 Å². The first kappa shape index (κ1) is 16.1. The number of nitrogens with one attached hydrogen (secondary N) is 1. The lowest BCUT2D eigenvalue weighted by Gasteiger charge is -2.13. The zero-order valence-electron chi connectivity index (χ0n) is 13.5. The first-order valence-corrected chi connectivity index (χ1v) is 7.99. The van der Waals surface area contributed by atoms with Crippen LogP contribution < -0.4 is 5.32 Å². The fourth-order valence-corrected chi connectivity index (χ4v) is 2.58. The van der Waals surface area contributed by atoms with Crippen LogP contribution in [-0.4, -0.2) is 38.2 Å². The molecule has 3 rings (SSSR count). The van der Waals surface area contributed by atoms with E-state index in [2.05, 4.69) is 15.3 Å². The molecule has 1 aromatic carbocycles. The molecule has 0 aliphatic rings. The molecule has 1 unspecified atom stereocenters. The summed E-state index contributed by atoms with van der Waals surface area (Å²) in [4.78, 5) is 20.9. The van der Waals surface area contributed by atoms with E-state index in [1.165, 1.54) is 0 Å². The lowest BCUT2D eigenvalue weighted by atomic mass is 10.1.